The molecule has 0 radical (unpaired) electrons. The number of esters is 3. The summed E-state index contributed by atoms with van der Waals surface area (Å²) in [5, 5.41) is 12.5. The maximum absolute atomic E-state index is 14.4. The summed E-state index contributed by atoms with van der Waals surface area (Å²) in [4.78, 5) is 56.7. The van der Waals surface area contributed by atoms with Crippen LogP contribution in [0.4, 0.5) is 0 Å². The van der Waals surface area contributed by atoms with Crippen LogP contribution >= 0.6 is 0 Å². The van der Waals surface area contributed by atoms with Crippen molar-refractivity contribution in [2.75, 3.05) is 19.8 Å². The first-order valence-electron chi connectivity index (χ1n) is 41.0. The molecule has 0 spiro atoms. The molecule has 8 nitrogen and oxygen atoms in total. The molecule has 0 heterocycles. The number of ketones is 1. The van der Waals surface area contributed by atoms with E-state index in [4.69, 9.17) is 14.2 Å². The highest BCUT2D eigenvalue weighted by Gasteiger charge is 2.55. The minimum atomic E-state index is -2.72. The largest absolute Gasteiger partial charge is 0.466 e. The van der Waals surface area contributed by atoms with Gasteiger partial charge in [-0.05, 0) is 25.7 Å². The second kappa shape index (κ2) is 72.9. The number of hydrogen-bond acceptors (Lipinski definition) is 8. The fraction of sp³-hybridized carbons (Fsp3) is 0.951. The zero-order chi connectivity index (χ0) is 65.4. The molecule has 8 heteroatoms. The average Bonchev–Trinajstić information content (AvgIpc) is 0.894. The van der Waals surface area contributed by atoms with E-state index in [0.717, 1.165) is 77.0 Å². The number of aliphatic hydroxyl groups is 1. The molecule has 0 fully saturated rings. The first-order chi connectivity index (χ1) is 44.3. The molecule has 2 unspecified atom stereocenters. The maximum atomic E-state index is 14.4. The summed E-state index contributed by atoms with van der Waals surface area (Å²) in [6.07, 6.45) is 81.9. The normalized spacial score (nSPS) is 12.6. The van der Waals surface area contributed by atoms with Crippen molar-refractivity contribution in [3.8, 4) is 0 Å². The van der Waals surface area contributed by atoms with Crippen LogP contribution in [-0.2, 0) is 33.4 Å². The van der Waals surface area contributed by atoms with E-state index in [1.165, 1.54) is 327 Å². The van der Waals surface area contributed by atoms with Crippen LogP contribution < -0.4 is 0 Å². The summed E-state index contributed by atoms with van der Waals surface area (Å²) in [6.45, 7) is 9.39. The van der Waals surface area contributed by atoms with Crippen LogP contribution in [0.1, 0.15) is 471 Å². The molecule has 0 rings (SSSR count). The molecule has 0 saturated heterocycles. The summed E-state index contributed by atoms with van der Waals surface area (Å²) in [6, 6.07) is 0. The van der Waals surface area contributed by atoms with Crippen molar-refractivity contribution in [2.45, 2.75) is 476 Å². The maximum Gasteiger partial charge on any atom is 0.340 e. The van der Waals surface area contributed by atoms with E-state index in [1.807, 2.05) is 0 Å². The smallest absolute Gasteiger partial charge is 0.340 e. The van der Waals surface area contributed by atoms with Gasteiger partial charge in [-0.15, -0.1) is 0 Å². The van der Waals surface area contributed by atoms with E-state index in [1.54, 1.807) is 0 Å². The van der Waals surface area contributed by atoms with Gasteiger partial charge in [0.15, 0.2) is 17.3 Å². The SMILES string of the molecule is CCCCCCCCCCCCCCCCCCCCOC(=O)CC(O)(C(=O)OCCCCCCCCCCCCCCCCCCCC)C(C(=O)CCCCCCCCCCCCCCC)C(=O)OCCCCCCCCCCCCCCCCCCCC. The summed E-state index contributed by atoms with van der Waals surface area (Å²) in [5.74, 6) is -5.27. The predicted octanol–water partition coefficient (Wildman–Crippen LogP) is 26.5. The number of carbonyl (C=O) groups is 4. The Hall–Kier alpha value is -1.96. The number of Topliss-reactive ketones (excluding diaryl/α,β-unsaturated/α-hetero) is 1. The number of unbranched alkanes of at least 4 members (excludes halogenated alkanes) is 63. The Labute approximate surface area is 561 Å². The molecule has 90 heavy (non-hydrogen) atoms. The first kappa shape index (κ1) is 88.0. The van der Waals surface area contributed by atoms with Crippen LogP contribution in [-0.4, -0.2) is 54.2 Å². The summed E-state index contributed by atoms with van der Waals surface area (Å²) >= 11 is 0. The van der Waals surface area contributed by atoms with Crippen LogP contribution in [0.3, 0.4) is 0 Å². The third-order valence-electron chi connectivity index (χ3n) is 19.6. The van der Waals surface area contributed by atoms with Gasteiger partial charge in [-0.1, -0.05) is 432 Å². The van der Waals surface area contributed by atoms with Gasteiger partial charge >= 0.3 is 17.9 Å². The lowest BCUT2D eigenvalue weighted by Gasteiger charge is -2.31. The van der Waals surface area contributed by atoms with Crippen molar-refractivity contribution in [1.29, 1.82) is 0 Å². The van der Waals surface area contributed by atoms with Gasteiger partial charge in [0.2, 0.25) is 0 Å². The molecule has 534 valence electrons. The highest BCUT2D eigenvalue weighted by molar-refractivity contribution is 6.06. The lowest BCUT2D eigenvalue weighted by Crippen LogP contribution is -2.55. The Balaban J connectivity index is 5.45. The van der Waals surface area contributed by atoms with E-state index >= 15 is 0 Å². The molecule has 1 N–H and O–H groups in total. The second-order valence-electron chi connectivity index (χ2n) is 28.5. The van der Waals surface area contributed by atoms with Gasteiger partial charge in [0.25, 0.3) is 0 Å². The van der Waals surface area contributed by atoms with Crippen LogP contribution in [0.5, 0.6) is 0 Å². The third kappa shape index (κ3) is 60.9. The number of hydrogen-bond donors (Lipinski definition) is 1. The van der Waals surface area contributed by atoms with Gasteiger partial charge in [0.05, 0.1) is 26.2 Å². The van der Waals surface area contributed by atoms with Crippen molar-refractivity contribution in [1.82, 2.24) is 0 Å². The minimum Gasteiger partial charge on any atom is -0.466 e. The van der Waals surface area contributed by atoms with E-state index < -0.39 is 41.6 Å². The fourth-order valence-corrected chi connectivity index (χ4v) is 13.4. The Morgan fingerprint density at radius 1 is 0.256 bits per heavy atom. The molecule has 0 aliphatic rings. The molecule has 2 atom stereocenters. The zero-order valence-corrected chi connectivity index (χ0v) is 61.3. The molecule has 0 aliphatic carbocycles. The van der Waals surface area contributed by atoms with Gasteiger partial charge in [-0.2, -0.15) is 0 Å². The molecule has 0 aromatic carbocycles. The van der Waals surface area contributed by atoms with E-state index in [2.05, 4.69) is 27.7 Å². The van der Waals surface area contributed by atoms with Crippen molar-refractivity contribution in [3.63, 3.8) is 0 Å². The van der Waals surface area contributed by atoms with Gasteiger partial charge < -0.3 is 19.3 Å². The van der Waals surface area contributed by atoms with Gasteiger partial charge in [0, 0.05) is 6.42 Å². The molecular weight excluding hydrogens is 1110 g/mol. The van der Waals surface area contributed by atoms with E-state index in [-0.39, 0.29) is 26.2 Å². The van der Waals surface area contributed by atoms with Crippen LogP contribution in [0, 0.1) is 5.92 Å². The summed E-state index contributed by atoms with van der Waals surface area (Å²) in [5.41, 5.74) is -2.72. The fourth-order valence-electron chi connectivity index (χ4n) is 13.4. The molecule has 0 saturated carbocycles. The Morgan fingerprint density at radius 3 is 0.678 bits per heavy atom. The Morgan fingerprint density at radius 2 is 0.444 bits per heavy atom. The predicted molar refractivity (Wildman–Crippen MR) is 388 cm³/mol. The lowest BCUT2D eigenvalue weighted by molar-refractivity contribution is -0.188. The number of ether oxygens (including phenoxy) is 3. The van der Waals surface area contributed by atoms with Crippen molar-refractivity contribution >= 4 is 23.7 Å². The van der Waals surface area contributed by atoms with Gasteiger partial charge in [0.1, 0.15) is 0 Å². The number of rotatable bonds is 77. The second-order valence-corrected chi connectivity index (χ2v) is 28.5. The highest BCUT2D eigenvalue weighted by atomic mass is 16.6. The van der Waals surface area contributed by atoms with E-state index in [9.17, 15) is 24.3 Å². The van der Waals surface area contributed by atoms with Gasteiger partial charge in [-0.25, -0.2) is 4.79 Å². The Kier molecular flexibility index (Phi) is 71.3. The van der Waals surface area contributed by atoms with Gasteiger partial charge in [-0.3, -0.25) is 14.4 Å². The van der Waals surface area contributed by atoms with Crippen molar-refractivity contribution < 1.29 is 38.5 Å². The molecule has 0 aliphatic heterocycles. The van der Waals surface area contributed by atoms with Crippen molar-refractivity contribution in [3.05, 3.63) is 0 Å². The molecule has 0 amide bonds. The lowest BCUT2D eigenvalue weighted by atomic mass is 9.80. The number of carbonyl (C=O) groups excluding carboxylic acids is 4. The zero-order valence-electron chi connectivity index (χ0n) is 61.3. The van der Waals surface area contributed by atoms with Crippen molar-refractivity contribution in [2.24, 2.45) is 5.92 Å². The standard InChI is InChI=1S/C82H158O8/c1-5-9-13-17-21-25-29-33-36-39-42-45-49-53-57-61-65-69-73-88-78(84)76-82(87,81(86)90-75-71-67-63-59-55-51-47-44-41-38-35-31-27-23-19-15-11-7-3)79(77(83)72-68-64-60-56-52-48-32-28-24-20-16-12-8-4)80(85)89-74-70-66-62-58-54-50-46-43-40-37-34-30-26-22-18-14-10-6-2/h79,87H,5-76H2,1-4H3. The third-order valence-corrected chi connectivity index (χ3v) is 19.6. The first-order valence-corrected chi connectivity index (χ1v) is 41.0. The van der Waals surface area contributed by atoms with Crippen LogP contribution in [0.2, 0.25) is 0 Å². The van der Waals surface area contributed by atoms with Crippen LogP contribution in [0.25, 0.3) is 0 Å². The topological polar surface area (TPSA) is 116 Å². The molecule has 0 aromatic rings. The van der Waals surface area contributed by atoms with Crippen LogP contribution in [0.15, 0.2) is 0 Å². The molecule has 0 aromatic heterocycles. The summed E-state index contributed by atoms with van der Waals surface area (Å²) in [7, 11) is 0. The molecule has 0 bridgehead atoms. The molecular formula is C82H158O8. The average molecular weight is 1270 g/mol. The quantitative estimate of drug-likeness (QED) is 0.0277. The van der Waals surface area contributed by atoms with E-state index in [0.29, 0.717) is 25.7 Å². The highest BCUT2D eigenvalue weighted by Crippen LogP contribution is 2.30. The Bertz CT molecular complexity index is 1480. The minimum absolute atomic E-state index is 0.0138. The summed E-state index contributed by atoms with van der Waals surface area (Å²) < 4.78 is 17.3. The monoisotopic (exact) mass is 1270 g/mol.